The van der Waals surface area contributed by atoms with Crippen LogP contribution in [0.2, 0.25) is 0 Å². The molecule has 0 nitrogen and oxygen atoms in total. The lowest BCUT2D eigenvalue weighted by molar-refractivity contribution is 0.829. The predicted molar refractivity (Wildman–Crippen MR) is 77.4 cm³/mol. The average Bonchev–Trinajstić information content (AvgIpc) is 2.25. The van der Waals surface area contributed by atoms with E-state index in [1.54, 1.807) is 0 Å². The van der Waals surface area contributed by atoms with Gasteiger partial charge in [-0.05, 0) is 28.5 Å². The molecule has 0 radical (unpaired) electrons. The smallest absolute Gasteiger partial charge is 0.0215 e. The molecule has 1 aromatic carbocycles. The van der Waals surface area contributed by atoms with E-state index in [1.165, 1.54) is 16.7 Å². The monoisotopic (exact) mass is 280 g/mol. The fraction of sp³-hybridized carbons (Fsp3) is 0.467. The number of allylic oxidation sites excluding steroid dienone is 1. The van der Waals surface area contributed by atoms with Crippen molar-refractivity contribution in [2.24, 2.45) is 0 Å². The van der Waals surface area contributed by atoms with Crippen LogP contribution in [0.4, 0.5) is 0 Å². The van der Waals surface area contributed by atoms with Gasteiger partial charge in [0, 0.05) is 5.33 Å². The van der Waals surface area contributed by atoms with E-state index in [4.69, 9.17) is 0 Å². The van der Waals surface area contributed by atoms with Crippen molar-refractivity contribution < 1.29 is 0 Å². The van der Waals surface area contributed by atoms with Crippen LogP contribution in [0, 0.1) is 0 Å². The first-order chi connectivity index (χ1) is 7.57. The van der Waals surface area contributed by atoms with Gasteiger partial charge in [-0.2, -0.15) is 0 Å². The minimum atomic E-state index is 0.577. The number of benzene rings is 1. The molecule has 0 spiro atoms. The molecule has 0 aromatic heterocycles. The van der Waals surface area contributed by atoms with Crippen molar-refractivity contribution in [2.45, 2.75) is 39.5 Å². The standard InChI is InChI=1S/C15H21Br/c1-11(2)13-7-5-8-14(12(3)4)15(13)9-6-10-16/h5-9,11-12H,10H2,1-4H3. The van der Waals surface area contributed by atoms with E-state index in [0.29, 0.717) is 11.8 Å². The molecule has 0 aliphatic rings. The summed E-state index contributed by atoms with van der Waals surface area (Å²) in [5.41, 5.74) is 4.30. The lowest BCUT2D eigenvalue weighted by atomic mass is 9.88. The van der Waals surface area contributed by atoms with Gasteiger partial charge in [0.1, 0.15) is 0 Å². The molecule has 0 bridgehead atoms. The Morgan fingerprint density at radius 1 is 1.06 bits per heavy atom. The fourth-order valence-corrected chi connectivity index (χ4v) is 2.15. The summed E-state index contributed by atoms with van der Waals surface area (Å²) >= 11 is 3.44. The number of hydrogen-bond acceptors (Lipinski definition) is 0. The van der Waals surface area contributed by atoms with Crippen LogP contribution in [0.1, 0.15) is 56.2 Å². The van der Waals surface area contributed by atoms with Crippen molar-refractivity contribution in [3.05, 3.63) is 41.0 Å². The molecular formula is C15H21Br. The minimum Gasteiger partial charge on any atom is -0.0883 e. The number of alkyl halides is 1. The molecule has 0 atom stereocenters. The highest BCUT2D eigenvalue weighted by molar-refractivity contribution is 9.09. The molecule has 0 N–H and O–H groups in total. The summed E-state index contributed by atoms with van der Waals surface area (Å²) in [6.07, 6.45) is 4.42. The highest BCUT2D eigenvalue weighted by Gasteiger charge is 2.10. The molecule has 0 unspecified atom stereocenters. The van der Waals surface area contributed by atoms with E-state index >= 15 is 0 Å². The SMILES string of the molecule is CC(C)c1cccc(C(C)C)c1C=CCBr. The van der Waals surface area contributed by atoms with Crippen LogP contribution in [-0.4, -0.2) is 5.33 Å². The highest BCUT2D eigenvalue weighted by Crippen LogP contribution is 2.28. The molecule has 16 heavy (non-hydrogen) atoms. The molecule has 88 valence electrons. The largest absolute Gasteiger partial charge is 0.0883 e. The molecular weight excluding hydrogens is 260 g/mol. The van der Waals surface area contributed by atoms with Gasteiger partial charge in [-0.1, -0.05) is 74.0 Å². The van der Waals surface area contributed by atoms with Gasteiger partial charge in [0.25, 0.3) is 0 Å². The maximum atomic E-state index is 3.44. The van der Waals surface area contributed by atoms with E-state index in [-0.39, 0.29) is 0 Å². The normalized spacial score (nSPS) is 11.9. The van der Waals surface area contributed by atoms with Crippen LogP contribution in [0.3, 0.4) is 0 Å². The van der Waals surface area contributed by atoms with E-state index in [9.17, 15) is 0 Å². The molecule has 0 fully saturated rings. The predicted octanol–water partition coefficient (Wildman–Crippen LogP) is 5.34. The first kappa shape index (κ1) is 13.5. The van der Waals surface area contributed by atoms with Crippen LogP contribution in [-0.2, 0) is 0 Å². The van der Waals surface area contributed by atoms with E-state index in [0.717, 1.165) is 5.33 Å². The molecule has 1 rings (SSSR count). The third-order valence-corrected chi connectivity index (χ3v) is 3.17. The van der Waals surface area contributed by atoms with Crippen LogP contribution in [0.5, 0.6) is 0 Å². The van der Waals surface area contributed by atoms with Crippen molar-refractivity contribution >= 4 is 22.0 Å². The highest BCUT2D eigenvalue weighted by atomic mass is 79.9. The average molecular weight is 281 g/mol. The van der Waals surface area contributed by atoms with E-state index in [1.807, 2.05) is 0 Å². The Kier molecular flexibility index (Phi) is 5.27. The number of hydrogen-bond donors (Lipinski definition) is 0. The summed E-state index contributed by atoms with van der Waals surface area (Å²) in [6.45, 7) is 9.02. The molecule has 0 heterocycles. The Hall–Kier alpha value is -0.560. The van der Waals surface area contributed by atoms with Crippen molar-refractivity contribution in [3.63, 3.8) is 0 Å². The fourth-order valence-electron chi connectivity index (χ4n) is 1.96. The zero-order valence-corrected chi connectivity index (χ0v) is 12.2. The van der Waals surface area contributed by atoms with Gasteiger partial charge in [-0.3, -0.25) is 0 Å². The Labute approximate surface area is 108 Å². The summed E-state index contributed by atoms with van der Waals surface area (Å²) in [5, 5.41) is 0.914. The Morgan fingerprint density at radius 3 is 1.94 bits per heavy atom. The second kappa shape index (κ2) is 6.24. The van der Waals surface area contributed by atoms with Crippen LogP contribution in [0.25, 0.3) is 6.08 Å². The Balaban J connectivity index is 3.29. The van der Waals surface area contributed by atoms with Gasteiger partial charge in [0.15, 0.2) is 0 Å². The summed E-state index contributed by atoms with van der Waals surface area (Å²) < 4.78 is 0. The molecule has 1 aromatic rings. The van der Waals surface area contributed by atoms with Crippen molar-refractivity contribution in [1.29, 1.82) is 0 Å². The van der Waals surface area contributed by atoms with Crippen LogP contribution >= 0.6 is 15.9 Å². The summed E-state index contributed by atoms with van der Waals surface area (Å²) in [6, 6.07) is 6.66. The first-order valence-electron chi connectivity index (χ1n) is 5.93. The molecule has 1 heteroatoms. The maximum absolute atomic E-state index is 3.44. The quantitative estimate of drug-likeness (QED) is 0.653. The summed E-state index contributed by atoms with van der Waals surface area (Å²) in [5.74, 6) is 1.15. The van der Waals surface area contributed by atoms with E-state index < -0.39 is 0 Å². The van der Waals surface area contributed by atoms with Crippen molar-refractivity contribution in [3.8, 4) is 0 Å². The molecule has 0 saturated heterocycles. The van der Waals surface area contributed by atoms with Gasteiger partial charge in [-0.25, -0.2) is 0 Å². The van der Waals surface area contributed by atoms with Crippen molar-refractivity contribution in [2.75, 3.05) is 5.33 Å². The van der Waals surface area contributed by atoms with Gasteiger partial charge >= 0.3 is 0 Å². The van der Waals surface area contributed by atoms with E-state index in [2.05, 4.69) is 74.0 Å². The topological polar surface area (TPSA) is 0 Å². The number of halogens is 1. The lowest BCUT2D eigenvalue weighted by Crippen LogP contribution is -1.99. The van der Waals surface area contributed by atoms with Gasteiger partial charge < -0.3 is 0 Å². The molecule has 0 amide bonds. The molecule has 0 saturated carbocycles. The summed E-state index contributed by atoms with van der Waals surface area (Å²) in [4.78, 5) is 0. The van der Waals surface area contributed by atoms with Gasteiger partial charge in [0.2, 0.25) is 0 Å². The minimum absolute atomic E-state index is 0.577. The second-order valence-corrected chi connectivity index (χ2v) is 5.36. The van der Waals surface area contributed by atoms with Gasteiger partial charge in [-0.15, -0.1) is 0 Å². The Morgan fingerprint density at radius 2 is 1.56 bits per heavy atom. The van der Waals surface area contributed by atoms with Gasteiger partial charge in [0.05, 0.1) is 0 Å². The zero-order chi connectivity index (χ0) is 12.1. The zero-order valence-electron chi connectivity index (χ0n) is 10.6. The Bertz CT molecular complexity index is 335. The molecule has 0 aliphatic carbocycles. The maximum Gasteiger partial charge on any atom is 0.0215 e. The third-order valence-electron chi connectivity index (χ3n) is 2.79. The first-order valence-corrected chi connectivity index (χ1v) is 7.05. The lowest BCUT2D eigenvalue weighted by Gasteiger charge is -2.17. The third kappa shape index (κ3) is 3.21. The van der Waals surface area contributed by atoms with Crippen LogP contribution < -0.4 is 0 Å². The summed E-state index contributed by atoms with van der Waals surface area (Å²) in [7, 11) is 0. The molecule has 0 aliphatic heterocycles. The van der Waals surface area contributed by atoms with Crippen LogP contribution in [0.15, 0.2) is 24.3 Å². The number of rotatable bonds is 4. The van der Waals surface area contributed by atoms with Crippen molar-refractivity contribution in [1.82, 2.24) is 0 Å². The second-order valence-electron chi connectivity index (χ2n) is 4.72.